The number of ether oxygens (including phenoxy) is 1. The van der Waals surface area contributed by atoms with Gasteiger partial charge in [0.05, 0.1) is 6.04 Å². The highest BCUT2D eigenvalue weighted by Gasteiger charge is 2.29. The minimum Gasteiger partial charge on any atom is -0.381 e. The van der Waals surface area contributed by atoms with Crippen LogP contribution in [-0.2, 0) is 4.74 Å². The molecule has 20 heavy (non-hydrogen) atoms. The van der Waals surface area contributed by atoms with E-state index in [2.05, 4.69) is 53.8 Å². The number of rotatable bonds is 2. The first-order chi connectivity index (χ1) is 9.93. The number of fused-ring (bicyclic) bond motifs is 3. The van der Waals surface area contributed by atoms with Gasteiger partial charge < -0.3 is 10.1 Å². The standard InChI is InChI=1S/C18H19NO/c1-3-7-16-14(5-1)15-6-2-4-8-17(15)18(16)19-13-9-11-20-12-10-13/h1-8,13,18-19H,9-12H2. The molecular weight excluding hydrogens is 246 g/mol. The van der Waals surface area contributed by atoms with Gasteiger partial charge in [-0.25, -0.2) is 0 Å². The van der Waals surface area contributed by atoms with Gasteiger partial charge in [0, 0.05) is 19.3 Å². The molecule has 2 aromatic rings. The van der Waals surface area contributed by atoms with E-state index in [4.69, 9.17) is 4.74 Å². The molecule has 0 spiro atoms. The van der Waals surface area contributed by atoms with Crippen LogP contribution in [0, 0.1) is 0 Å². The second-order valence-corrected chi connectivity index (χ2v) is 5.66. The first-order valence-corrected chi connectivity index (χ1v) is 7.45. The molecule has 2 aliphatic rings. The zero-order valence-corrected chi connectivity index (χ0v) is 11.5. The first-order valence-electron chi connectivity index (χ1n) is 7.45. The molecule has 4 rings (SSSR count). The van der Waals surface area contributed by atoms with E-state index in [1.54, 1.807) is 0 Å². The fourth-order valence-electron chi connectivity index (χ4n) is 3.44. The molecule has 1 aliphatic heterocycles. The minimum atomic E-state index is 0.338. The average molecular weight is 265 g/mol. The summed E-state index contributed by atoms with van der Waals surface area (Å²) in [6, 6.07) is 18.4. The number of hydrogen-bond acceptors (Lipinski definition) is 2. The SMILES string of the molecule is c1ccc2c(c1)-c1ccccc1C2NC1CCOCC1. The molecule has 0 radical (unpaired) electrons. The summed E-state index contributed by atoms with van der Waals surface area (Å²) in [5.41, 5.74) is 5.60. The molecule has 1 aliphatic carbocycles. The molecule has 1 N–H and O–H groups in total. The van der Waals surface area contributed by atoms with Crippen LogP contribution >= 0.6 is 0 Å². The third kappa shape index (κ3) is 1.96. The van der Waals surface area contributed by atoms with Gasteiger partial charge in [0.25, 0.3) is 0 Å². The van der Waals surface area contributed by atoms with E-state index in [-0.39, 0.29) is 0 Å². The van der Waals surface area contributed by atoms with Gasteiger partial charge in [-0.1, -0.05) is 48.5 Å². The Labute approximate surface area is 119 Å². The maximum Gasteiger partial charge on any atom is 0.0591 e. The van der Waals surface area contributed by atoms with Crippen molar-refractivity contribution in [3.05, 3.63) is 59.7 Å². The van der Waals surface area contributed by atoms with Gasteiger partial charge in [-0.05, 0) is 35.1 Å². The quantitative estimate of drug-likeness (QED) is 0.897. The van der Waals surface area contributed by atoms with Crippen LogP contribution in [0.15, 0.2) is 48.5 Å². The molecule has 0 bridgehead atoms. The van der Waals surface area contributed by atoms with Gasteiger partial charge >= 0.3 is 0 Å². The normalized spacial score (nSPS) is 18.8. The third-order valence-electron chi connectivity index (χ3n) is 4.46. The lowest BCUT2D eigenvalue weighted by molar-refractivity contribution is 0.0762. The molecule has 1 saturated heterocycles. The van der Waals surface area contributed by atoms with Crippen molar-refractivity contribution in [3.8, 4) is 11.1 Å². The van der Waals surface area contributed by atoms with Gasteiger partial charge in [-0.3, -0.25) is 0 Å². The minimum absolute atomic E-state index is 0.338. The smallest absolute Gasteiger partial charge is 0.0591 e. The van der Waals surface area contributed by atoms with E-state index < -0.39 is 0 Å². The predicted molar refractivity (Wildman–Crippen MR) is 80.7 cm³/mol. The highest BCUT2D eigenvalue weighted by molar-refractivity contribution is 5.78. The fourth-order valence-corrected chi connectivity index (χ4v) is 3.44. The number of hydrogen-bond donors (Lipinski definition) is 1. The molecule has 1 fully saturated rings. The van der Waals surface area contributed by atoms with Crippen LogP contribution in [-0.4, -0.2) is 19.3 Å². The van der Waals surface area contributed by atoms with E-state index in [0.29, 0.717) is 12.1 Å². The predicted octanol–water partition coefficient (Wildman–Crippen LogP) is 3.53. The zero-order valence-electron chi connectivity index (χ0n) is 11.5. The van der Waals surface area contributed by atoms with Crippen LogP contribution < -0.4 is 5.32 Å². The summed E-state index contributed by atoms with van der Waals surface area (Å²) in [5.74, 6) is 0. The second kappa shape index (κ2) is 5.04. The van der Waals surface area contributed by atoms with Gasteiger partial charge in [-0.15, -0.1) is 0 Å². The van der Waals surface area contributed by atoms with Crippen molar-refractivity contribution in [2.24, 2.45) is 0 Å². The highest BCUT2D eigenvalue weighted by atomic mass is 16.5. The maximum absolute atomic E-state index is 5.46. The molecule has 1 heterocycles. The Bertz CT molecular complexity index is 571. The number of benzene rings is 2. The van der Waals surface area contributed by atoms with Crippen molar-refractivity contribution in [2.75, 3.05) is 13.2 Å². The molecule has 2 nitrogen and oxygen atoms in total. The van der Waals surface area contributed by atoms with Crippen molar-refractivity contribution in [1.82, 2.24) is 5.32 Å². The van der Waals surface area contributed by atoms with Crippen molar-refractivity contribution in [3.63, 3.8) is 0 Å². The summed E-state index contributed by atoms with van der Waals surface area (Å²) in [4.78, 5) is 0. The van der Waals surface area contributed by atoms with Gasteiger partial charge in [-0.2, -0.15) is 0 Å². The Morgan fingerprint density at radius 3 is 1.95 bits per heavy atom. The lowest BCUT2D eigenvalue weighted by atomic mass is 10.0. The van der Waals surface area contributed by atoms with E-state index in [9.17, 15) is 0 Å². The maximum atomic E-state index is 5.46. The highest BCUT2D eigenvalue weighted by Crippen LogP contribution is 2.43. The molecule has 2 aromatic carbocycles. The largest absolute Gasteiger partial charge is 0.381 e. The second-order valence-electron chi connectivity index (χ2n) is 5.66. The Kier molecular flexibility index (Phi) is 3.06. The monoisotopic (exact) mass is 265 g/mol. The topological polar surface area (TPSA) is 21.3 Å². The molecule has 0 amide bonds. The van der Waals surface area contributed by atoms with Gasteiger partial charge in [0.2, 0.25) is 0 Å². The summed E-state index contributed by atoms with van der Waals surface area (Å²) in [6.07, 6.45) is 2.22. The molecule has 2 heteroatoms. The van der Waals surface area contributed by atoms with Crippen molar-refractivity contribution in [1.29, 1.82) is 0 Å². The first kappa shape index (κ1) is 12.1. The van der Waals surface area contributed by atoms with Crippen LogP contribution in [0.1, 0.15) is 30.0 Å². The fraction of sp³-hybridized carbons (Fsp3) is 0.333. The van der Waals surface area contributed by atoms with E-state index in [1.165, 1.54) is 22.3 Å². The molecule has 102 valence electrons. The van der Waals surface area contributed by atoms with Crippen molar-refractivity contribution >= 4 is 0 Å². The number of nitrogens with one attached hydrogen (secondary N) is 1. The van der Waals surface area contributed by atoms with Crippen molar-refractivity contribution < 1.29 is 4.74 Å². The third-order valence-corrected chi connectivity index (χ3v) is 4.46. The zero-order chi connectivity index (χ0) is 13.4. The Balaban J connectivity index is 1.71. The molecule has 0 saturated carbocycles. The van der Waals surface area contributed by atoms with Crippen LogP contribution in [0.3, 0.4) is 0 Å². The van der Waals surface area contributed by atoms with Crippen LogP contribution in [0.4, 0.5) is 0 Å². The summed E-state index contributed by atoms with van der Waals surface area (Å²) in [7, 11) is 0. The average Bonchev–Trinajstić information content (AvgIpc) is 2.84. The van der Waals surface area contributed by atoms with Crippen LogP contribution in [0.2, 0.25) is 0 Å². The van der Waals surface area contributed by atoms with E-state index >= 15 is 0 Å². The molecule has 0 unspecified atom stereocenters. The van der Waals surface area contributed by atoms with Gasteiger partial charge in [0.15, 0.2) is 0 Å². The van der Waals surface area contributed by atoms with Crippen molar-refractivity contribution in [2.45, 2.75) is 24.9 Å². The van der Waals surface area contributed by atoms with E-state index in [0.717, 1.165) is 26.1 Å². The van der Waals surface area contributed by atoms with E-state index in [1.807, 2.05) is 0 Å². The lowest BCUT2D eigenvalue weighted by Crippen LogP contribution is -2.37. The van der Waals surface area contributed by atoms with Gasteiger partial charge in [0.1, 0.15) is 0 Å². The molecule has 0 atom stereocenters. The summed E-state index contributed by atoms with van der Waals surface area (Å²) >= 11 is 0. The summed E-state index contributed by atoms with van der Waals surface area (Å²) in [6.45, 7) is 1.77. The summed E-state index contributed by atoms with van der Waals surface area (Å²) in [5, 5.41) is 3.85. The lowest BCUT2D eigenvalue weighted by Gasteiger charge is -2.27. The van der Waals surface area contributed by atoms with Crippen LogP contribution in [0.5, 0.6) is 0 Å². The van der Waals surface area contributed by atoms with Crippen LogP contribution in [0.25, 0.3) is 11.1 Å². The Morgan fingerprint density at radius 1 is 0.800 bits per heavy atom. The molecule has 0 aromatic heterocycles. The Hall–Kier alpha value is -1.64. The Morgan fingerprint density at radius 2 is 1.35 bits per heavy atom. The molecular formula is C18H19NO. The summed E-state index contributed by atoms with van der Waals surface area (Å²) < 4.78 is 5.46.